The van der Waals surface area contributed by atoms with Crippen LogP contribution in [-0.2, 0) is 75.0 Å². The van der Waals surface area contributed by atoms with Gasteiger partial charge in [-0.25, -0.2) is 0 Å². The first-order chi connectivity index (χ1) is 10.4. The molecule has 138 valence electrons. The van der Waals surface area contributed by atoms with Crippen molar-refractivity contribution < 1.29 is 95.1 Å². The van der Waals surface area contributed by atoms with Gasteiger partial charge in [0, 0.05) is 65.4 Å². The molecule has 2 rings (SSSR count). The van der Waals surface area contributed by atoms with Gasteiger partial charge in [-0.1, -0.05) is 24.3 Å². The van der Waals surface area contributed by atoms with Gasteiger partial charge in [0.2, 0.25) is 6.09 Å². The Bertz CT molecular complexity index is 633. The fourth-order valence-corrected chi connectivity index (χ4v) is 1.41. The second kappa shape index (κ2) is 22.1. The molecule has 0 bridgehead atoms. The number of ether oxygens (including phenoxy) is 1. The molecule has 0 fully saturated rings. The molecule has 2 aromatic rings. The molecule has 26 heavy (non-hydrogen) atoms. The van der Waals surface area contributed by atoms with Crippen LogP contribution in [0.3, 0.4) is 0 Å². The summed E-state index contributed by atoms with van der Waals surface area (Å²) < 4.78 is 4.52. The Morgan fingerprint density at radius 1 is 1.00 bits per heavy atom. The summed E-state index contributed by atoms with van der Waals surface area (Å²) in [7, 11) is 0. The van der Waals surface area contributed by atoms with Crippen molar-refractivity contribution in [1.29, 1.82) is 0 Å². The summed E-state index contributed by atoms with van der Waals surface area (Å²) in [6.45, 7) is 3.83. The summed E-state index contributed by atoms with van der Waals surface area (Å²) in [5.74, 6) is 0.759. The molecule has 0 atom stereocenters. The number of nitrogens with one attached hydrogen (secondary N) is 1. The zero-order chi connectivity index (χ0) is 17.0. The molecule has 0 aromatic heterocycles. The van der Waals surface area contributed by atoms with Crippen molar-refractivity contribution in [2.24, 2.45) is 0 Å². The molecule has 0 aliphatic heterocycles. The normalized spacial score (nSPS) is 7.00. The van der Waals surface area contributed by atoms with Crippen LogP contribution in [0.5, 0.6) is 11.5 Å². The van der Waals surface area contributed by atoms with Gasteiger partial charge >= 0.3 is 6.15 Å². The summed E-state index contributed by atoms with van der Waals surface area (Å²) >= 11 is 0. The smallest absolute Gasteiger partial charge is 0.373 e. The van der Waals surface area contributed by atoms with Gasteiger partial charge in [-0.05, 0) is 49.2 Å². The fourth-order valence-electron chi connectivity index (χ4n) is 1.41. The van der Waals surface area contributed by atoms with Crippen LogP contribution in [0, 0.1) is 13.8 Å². The number of carbonyl (C=O) groups excluding carboxylic acids is 3. The molecule has 0 unspecified atom stereocenters. The van der Waals surface area contributed by atoms with Gasteiger partial charge < -0.3 is 27.2 Å². The Balaban J connectivity index is -0.0000000885. The zero-order valence-corrected chi connectivity index (χ0v) is 20.1. The molecule has 2 radical (unpaired) electrons. The minimum Gasteiger partial charge on any atom is -0.693 e. The van der Waals surface area contributed by atoms with E-state index in [2.05, 4.69) is 4.74 Å². The molecular weight excluding hydrogens is 494 g/mol. The van der Waals surface area contributed by atoms with E-state index >= 15 is 0 Å². The summed E-state index contributed by atoms with van der Waals surface area (Å²) in [6, 6.07) is 14.2. The van der Waals surface area contributed by atoms with E-state index < -0.39 is 6.09 Å². The van der Waals surface area contributed by atoms with E-state index in [1.807, 2.05) is 32.0 Å². The molecule has 6 N–H and O–H groups in total. The summed E-state index contributed by atoms with van der Waals surface area (Å²) in [4.78, 5) is 26.4. The first kappa shape index (κ1) is 36.0. The number of hydrogen-bond donors (Lipinski definition) is 1. The molecule has 0 saturated heterocycles. The van der Waals surface area contributed by atoms with Crippen LogP contribution in [0.15, 0.2) is 48.5 Å². The molecule has 0 aliphatic carbocycles. The van der Waals surface area contributed by atoms with E-state index in [-0.39, 0.29) is 83.2 Å². The molecule has 10 heteroatoms. The quantitative estimate of drug-likeness (QED) is 0.613. The number of nitrogens with two attached hydrogens (primary N) is 1. The monoisotopic (exact) mass is 514 g/mol. The van der Waals surface area contributed by atoms with Crippen molar-refractivity contribution in [2.75, 3.05) is 0 Å². The molecule has 1 amide bonds. The van der Waals surface area contributed by atoms with Gasteiger partial charge in [0.15, 0.2) is 0 Å². The summed E-state index contributed by atoms with van der Waals surface area (Å²) in [5.41, 5.74) is 8.62. The SMILES string of the molecule is Cc1cccc(O)c1.Cc1cccc(OC([NH-])=O)c1.O.O=C=O.[NH2-].[Y].[Y]. The van der Waals surface area contributed by atoms with Crippen molar-refractivity contribution in [1.82, 2.24) is 0 Å². The minimum absolute atomic E-state index is 0. The largest absolute Gasteiger partial charge is 0.693 e. The number of hydrogen-bond acceptors (Lipinski definition) is 5. The van der Waals surface area contributed by atoms with E-state index in [4.69, 9.17) is 20.4 Å². The second-order valence-corrected chi connectivity index (χ2v) is 4.13. The van der Waals surface area contributed by atoms with Crippen LogP contribution >= 0.6 is 0 Å². The summed E-state index contributed by atoms with van der Waals surface area (Å²) in [5, 5.41) is 8.81. The number of aryl methyl sites for hydroxylation is 2. The van der Waals surface area contributed by atoms with Gasteiger partial charge in [-0.15, -0.1) is 0 Å². The fraction of sp³-hybridized carbons (Fsp3) is 0.125. The van der Waals surface area contributed by atoms with Crippen LogP contribution in [0.25, 0.3) is 11.9 Å². The Morgan fingerprint density at radius 2 is 1.42 bits per heavy atom. The number of benzene rings is 2. The number of phenolic OH excluding ortho intramolecular Hbond substituents is 1. The van der Waals surface area contributed by atoms with Gasteiger partial charge in [0.25, 0.3) is 0 Å². The predicted molar refractivity (Wildman–Crippen MR) is 88.3 cm³/mol. The van der Waals surface area contributed by atoms with E-state index in [9.17, 15) is 4.79 Å². The third kappa shape index (κ3) is 21.1. The van der Waals surface area contributed by atoms with Crippen molar-refractivity contribution in [3.05, 3.63) is 71.5 Å². The summed E-state index contributed by atoms with van der Waals surface area (Å²) in [6.07, 6.45) is -0.782. The van der Waals surface area contributed by atoms with Gasteiger partial charge in [-0.2, -0.15) is 9.59 Å². The molecule has 8 nitrogen and oxygen atoms in total. The number of aromatic hydroxyl groups is 1. The van der Waals surface area contributed by atoms with Crippen LogP contribution in [0.2, 0.25) is 0 Å². The van der Waals surface area contributed by atoms with E-state index in [0.29, 0.717) is 11.5 Å². The average molecular weight is 514 g/mol. The third-order valence-electron chi connectivity index (χ3n) is 2.20. The minimum atomic E-state index is -1.03. The molecule has 2 aromatic carbocycles. The van der Waals surface area contributed by atoms with Crippen LogP contribution in [-0.4, -0.2) is 22.8 Å². The first-order valence-corrected chi connectivity index (χ1v) is 6.14. The van der Waals surface area contributed by atoms with E-state index in [1.54, 1.807) is 30.3 Å². The van der Waals surface area contributed by atoms with E-state index in [0.717, 1.165) is 11.1 Å². The molecule has 0 heterocycles. The van der Waals surface area contributed by atoms with Gasteiger partial charge in [0.05, 0.1) is 0 Å². The topological polar surface area (TPSA) is 169 Å². The first-order valence-electron chi connectivity index (χ1n) is 6.14. The van der Waals surface area contributed by atoms with Gasteiger partial charge in [-0.3, -0.25) is 4.79 Å². The Kier molecular flexibility index (Phi) is 30.6. The Morgan fingerprint density at radius 3 is 1.73 bits per heavy atom. The predicted octanol–water partition coefficient (Wildman–Crippen LogP) is 3.55. The number of amides is 1. The maximum atomic E-state index is 10.2. The van der Waals surface area contributed by atoms with Crippen LogP contribution < -0.4 is 4.74 Å². The van der Waals surface area contributed by atoms with Crippen molar-refractivity contribution in [2.45, 2.75) is 13.8 Å². The number of carbonyl (C=O) groups is 1. The molecular formula is C16H20N2O6Y2-2. The van der Waals surface area contributed by atoms with Crippen LogP contribution in [0.1, 0.15) is 11.1 Å². The second-order valence-electron chi connectivity index (χ2n) is 4.13. The van der Waals surface area contributed by atoms with Crippen molar-refractivity contribution >= 4 is 12.2 Å². The molecule has 0 saturated carbocycles. The maximum Gasteiger partial charge on any atom is 0.373 e. The Hall–Kier alpha value is -0.982. The third-order valence-corrected chi connectivity index (χ3v) is 2.20. The molecule has 0 aliphatic rings. The zero-order valence-electron chi connectivity index (χ0n) is 14.4. The number of rotatable bonds is 1. The molecule has 0 spiro atoms. The number of phenols is 1. The maximum absolute atomic E-state index is 10.2. The van der Waals surface area contributed by atoms with Crippen molar-refractivity contribution in [3.8, 4) is 11.5 Å². The standard InChI is InChI=1S/C8H9NO2.C7H8O.CO2.H2N.H2O.2Y/c1-6-3-2-4-7(5-6)11-8(9)10;1-6-3-2-4-7(8)5-6;2-1-3;;;;/h2-5H,1H3,(H2,9,10);2-5,8H,1H3;;2*1H2;;/q;;;-1;;;/p-1. The Labute approximate surface area is 202 Å². The average Bonchev–Trinajstić information content (AvgIpc) is 2.39. The van der Waals surface area contributed by atoms with Crippen molar-refractivity contribution in [3.63, 3.8) is 0 Å². The van der Waals surface area contributed by atoms with E-state index in [1.165, 1.54) is 0 Å². The van der Waals surface area contributed by atoms with Gasteiger partial charge in [0.1, 0.15) is 11.5 Å². The van der Waals surface area contributed by atoms with Crippen LogP contribution in [0.4, 0.5) is 4.79 Å².